The van der Waals surface area contributed by atoms with Crippen molar-refractivity contribution in [2.75, 3.05) is 18.2 Å². The average Bonchev–Trinajstić information content (AvgIpc) is 3.00. The zero-order valence-corrected chi connectivity index (χ0v) is 14.5. The highest BCUT2D eigenvalue weighted by Crippen LogP contribution is 2.27. The standard InChI is InChI=1S/C17H24N4OS/c1-3-15(23-2)14-10-18-17-9-8-16(20-21(14)17)19-13-6-4-12(11-22)5-7-13/h3,8-10,12-13,22H,4-7,11H2,1-2H3,(H,19,20)/b15-3-. The lowest BCUT2D eigenvalue weighted by Gasteiger charge is -2.28. The van der Waals surface area contributed by atoms with Crippen LogP contribution in [0.25, 0.3) is 10.6 Å². The number of thioether (sulfide) groups is 1. The highest BCUT2D eigenvalue weighted by Gasteiger charge is 2.21. The number of fused-ring (bicyclic) bond motifs is 1. The second-order valence-electron chi connectivity index (χ2n) is 6.03. The third-order valence-electron chi connectivity index (χ3n) is 4.55. The van der Waals surface area contributed by atoms with Gasteiger partial charge >= 0.3 is 0 Å². The van der Waals surface area contributed by atoms with Crippen LogP contribution in [0.3, 0.4) is 0 Å². The van der Waals surface area contributed by atoms with Crippen LogP contribution in [0.1, 0.15) is 38.3 Å². The lowest BCUT2D eigenvalue weighted by atomic mass is 9.86. The Bertz CT molecular complexity index is 689. The van der Waals surface area contributed by atoms with E-state index in [2.05, 4.69) is 22.6 Å². The van der Waals surface area contributed by atoms with Crippen molar-refractivity contribution in [3.63, 3.8) is 0 Å². The van der Waals surface area contributed by atoms with Crippen LogP contribution in [0.15, 0.2) is 24.4 Å². The third-order valence-corrected chi connectivity index (χ3v) is 5.44. The normalized spacial score (nSPS) is 22.5. The number of aromatic nitrogens is 3. The number of hydrogen-bond acceptors (Lipinski definition) is 5. The molecule has 0 atom stereocenters. The predicted molar refractivity (Wildman–Crippen MR) is 96.6 cm³/mol. The lowest BCUT2D eigenvalue weighted by molar-refractivity contribution is 0.185. The molecule has 23 heavy (non-hydrogen) atoms. The van der Waals surface area contributed by atoms with Gasteiger partial charge in [-0.2, -0.15) is 0 Å². The van der Waals surface area contributed by atoms with Crippen molar-refractivity contribution >= 4 is 28.1 Å². The Morgan fingerprint density at radius 3 is 2.83 bits per heavy atom. The van der Waals surface area contributed by atoms with Gasteiger partial charge in [-0.3, -0.25) is 0 Å². The number of aliphatic hydroxyl groups is 1. The van der Waals surface area contributed by atoms with Gasteiger partial charge in [0.2, 0.25) is 0 Å². The predicted octanol–water partition coefficient (Wildman–Crippen LogP) is 3.42. The largest absolute Gasteiger partial charge is 0.396 e. The number of imidazole rings is 1. The average molecular weight is 332 g/mol. The first-order valence-electron chi connectivity index (χ1n) is 8.18. The van der Waals surface area contributed by atoms with Gasteiger partial charge in [0.15, 0.2) is 5.65 Å². The topological polar surface area (TPSA) is 62.5 Å². The van der Waals surface area contributed by atoms with Gasteiger partial charge in [0.25, 0.3) is 0 Å². The Kier molecular flexibility index (Phi) is 5.23. The summed E-state index contributed by atoms with van der Waals surface area (Å²) in [7, 11) is 0. The lowest BCUT2D eigenvalue weighted by Crippen LogP contribution is -2.27. The molecule has 2 aromatic heterocycles. The monoisotopic (exact) mass is 332 g/mol. The van der Waals surface area contributed by atoms with Crippen LogP contribution in [0, 0.1) is 5.92 Å². The van der Waals surface area contributed by atoms with Crippen molar-refractivity contribution < 1.29 is 5.11 Å². The number of anilines is 1. The zero-order valence-electron chi connectivity index (χ0n) is 13.7. The van der Waals surface area contributed by atoms with Crippen LogP contribution >= 0.6 is 11.8 Å². The van der Waals surface area contributed by atoms with E-state index in [4.69, 9.17) is 5.10 Å². The van der Waals surface area contributed by atoms with E-state index in [9.17, 15) is 5.11 Å². The highest BCUT2D eigenvalue weighted by atomic mass is 32.2. The van der Waals surface area contributed by atoms with Gasteiger partial charge < -0.3 is 10.4 Å². The van der Waals surface area contributed by atoms with Crippen LogP contribution in [0.5, 0.6) is 0 Å². The maximum absolute atomic E-state index is 9.24. The summed E-state index contributed by atoms with van der Waals surface area (Å²) in [6.07, 6.45) is 10.4. The third kappa shape index (κ3) is 3.53. The van der Waals surface area contributed by atoms with E-state index in [0.717, 1.165) is 42.8 Å². The van der Waals surface area contributed by atoms with Crippen molar-refractivity contribution in [2.24, 2.45) is 5.92 Å². The van der Waals surface area contributed by atoms with Gasteiger partial charge in [-0.25, -0.2) is 9.50 Å². The van der Waals surface area contributed by atoms with Crippen molar-refractivity contribution in [1.82, 2.24) is 14.6 Å². The molecule has 3 rings (SSSR count). The molecule has 5 nitrogen and oxygen atoms in total. The SMILES string of the molecule is C/C=C(\SC)c1cnc2ccc(NC3CCC(CO)CC3)nn12. The first kappa shape index (κ1) is 16.3. The summed E-state index contributed by atoms with van der Waals surface area (Å²) in [6, 6.07) is 4.45. The minimum atomic E-state index is 0.316. The van der Waals surface area contributed by atoms with Crippen molar-refractivity contribution in [3.05, 3.63) is 30.1 Å². The van der Waals surface area contributed by atoms with Crippen molar-refractivity contribution in [3.8, 4) is 0 Å². The molecule has 0 radical (unpaired) electrons. The molecule has 1 saturated carbocycles. The summed E-state index contributed by atoms with van der Waals surface area (Å²) in [6.45, 7) is 2.35. The van der Waals surface area contributed by atoms with Crippen molar-refractivity contribution in [2.45, 2.75) is 38.6 Å². The van der Waals surface area contributed by atoms with Gasteiger partial charge in [-0.1, -0.05) is 6.08 Å². The fourth-order valence-corrected chi connectivity index (χ4v) is 3.77. The molecule has 0 spiro atoms. The maximum atomic E-state index is 9.24. The zero-order chi connectivity index (χ0) is 16.2. The molecule has 0 bridgehead atoms. The molecule has 1 fully saturated rings. The number of nitrogens with one attached hydrogen (secondary N) is 1. The van der Waals surface area contributed by atoms with E-state index in [1.54, 1.807) is 11.8 Å². The first-order valence-corrected chi connectivity index (χ1v) is 9.40. The van der Waals surface area contributed by atoms with E-state index < -0.39 is 0 Å². The molecule has 2 N–H and O–H groups in total. The molecule has 124 valence electrons. The molecule has 2 heterocycles. The Labute approximate surface area is 141 Å². The van der Waals surface area contributed by atoms with Gasteiger partial charge in [0.1, 0.15) is 5.82 Å². The minimum Gasteiger partial charge on any atom is -0.396 e. The number of aliphatic hydroxyl groups excluding tert-OH is 1. The van der Waals surface area contributed by atoms with E-state index in [-0.39, 0.29) is 0 Å². The summed E-state index contributed by atoms with van der Waals surface area (Å²) >= 11 is 1.70. The molecule has 1 aliphatic carbocycles. The molecule has 0 unspecified atom stereocenters. The molecular formula is C17H24N4OS. The summed E-state index contributed by atoms with van der Waals surface area (Å²) in [5, 5.41) is 17.5. The molecule has 1 aliphatic rings. The molecule has 0 aliphatic heterocycles. The first-order chi connectivity index (χ1) is 11.2. The Balaban J connectivity index is 1.78. The summed E-state index contributed by atoms with van der Waals surface area (Å²) in [5.74, 6) is 1.36. The van der Waals surface area contributed by atoms with E-state index in [1.807, 2.05) is 29.8 Å². The van der Waals surface area contributed by atoms with Gasteiger partial charge in [-0.15, -0.1) is 16.9 Å². The van der Waals surface area contributed by atoms with Crippen LogP contribution in [0.2, 0.25) is 0 Å². The Hall–Kier alpha value is -1.53. The van der Waals surface area contributed by atoms with E-state index in [1.165, 1.54) is 4.91 Å². The fourth-order valence-electron chi connectivity index (χ4n) is 3.19. The smallest absolute Gasteiger partial charge is 0.154 e. The molecule has 0 amide bonds. The fraction of sp³-hybridized carbons (Fsp3) is 0.529. The molecular weight excluding hydrogens is 308 g/mol. The number of hydrogen-bond donors (Lipinski definition) is 2. The minimum absolute atomic E-state index is 0.316. The van der Waals surface area contributed by atoms with Crippen LogP contribution in [0.4, 0.5) is 5.82 Å². The van der Waals surface area contributed by atoms with E-state index >= 15 is 0 Å². The number of allylic oxidation sites excluding steroid dienone is 1. The Morgan fingerprint density at radius 2 is 2.17 bits per heavy atom. The van der Waals surface area contributed by atoms with Gasteiger partial charge in [-0.05, 0) is 56.9 Å². The molecule has 2 aromatic rings. The molecule has 0 aromatic carbocycles. The Morgan fingerprint density at radius 1 is 1.39 bits per heavy atom. The number of rotatable bonds is 5. The second kappa shape index (κ2) is 7.36. The van der Waals surface area contributed by atoms with E-state index in [0.29, 0.717) is 18.6 Å². The van der Waals surface area contributed by atoms with Crippen molar-refractivity contribution in [1.29, 1.82) is 0 Å². The second-order valence-corrected chi connectivity index (χ2v) is 6.88. The quantitative estimate of drug-likeness (QED) is 0.878. The maximum Gasteiger partial charge on any atom is 0.154 e. The summed E-state index contributed by atoms with van der Waals surface area (Å²) in [5.41, 5.74) is 1.89. The number of nitrogens with zero attached hydrogens (tertiary/aromatic N) is 3. The van der Waals surface area contributed by atoms with Crippen LogP contribution in [-0.2, 0) is 0 Å². The van der Waals surface area contributed by atoms with Crippen LogP contribution < -0.4 is 5.32 Å². The van der Waals surface area contributed by atoms with Gasteiger partial charge in [0, 0.05) is 17.6 Å². The summed E-state index contributed by atoms with van der Waals surface area (Å²) in [4.78, 5) is 5.61. The molecule has 0 saturated heterocycles. The molecule has 6 heteroatoms. The van der Waals surface area contributed by atoms with Crippen LogP contribution in [-0.4, -0.2) is 38.6 Å². The summed E-state index contributed by atoms with van der Waals surface area (Å²) < 4.78 is 1.91. The van der Waals surface area contributed by atoms with Gasteiger partial charge in [0.05, 0.1) is 11.9 Å². The highest BCUT2D eigenvalue weighted by molar-refractivity contribution is 8.07.